The standard InChI is InChI=1S/C18H19N5O3/c1-3-21-6-8-22(9-7-21)13(2)4-5-14-10-16-15(11-17(14)23(25)26)18(24)20-12-19-16/h10-12H,2-3,6-9H2,1H3,(H,19,20,24). The molecule has 0 unspecified atom stereocenters. The van der Waals surface area contributed by atoms with Gasteiger partial charge in [0.25, 0.3) is 5.69 Å². The number of rotatable bonds is 3. The van der Waals surface area contributed by atoms with Crippen molar-refractivity contribution in [2.45, 2.75) is 6.92 Å². The number of likely N-dealkylation sites (N-methyl/N-ethyl adjacent to an activating group) is 1. The molecular formula is C18H19N5O3. The Kier molecular flexibility index (Phi) is 5.00. The molecule has 0 bridgehead atoms. The Balaban J connectivity index is 1.89. The van der Waals surface area contributed by atoms with E-state index in [1.165, 1.54) is 18.5 Å². The van der Waals surface area contributed by atoms with Gasteiger partial charge in [0, 0.05) is 32.2 Å². The lowest BCUT2D eigenvalue weighted by Crippen LogP contribution is -2.45. The zero-order valence-corrected chi connectivity index (χ0v) is 14.5. The molecular weight excluding hydrogens is 334 g/mol. The van der Waals surface area contributed by atoms with Crippen molar-refractivity contribution in [3.05, 3.63) is 46.4 Å². The third kappa shape index (κ3) is 3.58. The van der Waals surface area contributed by atoms with Gasteiger partial charge < -0.3 is 14.9 Å². The monoisotopic (exact) mass is 353 g/mol. The van der Waals surface area contributed by atoms with Crippen molar-refractivity contribution >= 4 is 16.6 Å². The number of nitro benzene ring substituents is 1. The summed E-state index contributed by atoms with van der Waals surface area (Å²) in [6, 6.07) is 2.74. The van der Waals surface area contributed by atoms with Gasteiger partial charge in [-0.2, -0.15) is 0 Å². The zero-order valence-electron chi connectivity index (χ0n) is 14.5. The number of benzene rings is 1. The molecule has 1 saturated heterocycles. The number of allylic oxidation sites excluding steroid dienone is 1. The van der Waals surface area contributed by atoms with Crippen LogP contribution >= 0.6 is 0 Å². The lowest BCUT2D eigenvalue weighted by molar-refractivity contribution is -0.385. The number of piperazine rings is 1. The Bertz CT molecular complexity index is 924. The molecule has 2 heterocycles. The molecule has 26 heavy (non-hydrogen) atoms. The highest BCUT2D eigenvalue weighted by Gasteiger charge is 2.18. The lowest BCUT2D eigenvalue weighted by Gasteiger charge is -2.34. The second-order valence-corrected chi connectivity index (χ2v) is 5.96. The molecule has 3 rings (SSSR count). The molecule has 1 N–H and O–H groups in total. The van der Waals surface area contributed by atoms with Gasteiger partial charge in [-0.05, 0) is 18.5 Å². The minimum atomic E-state index is -0.529. The number of nitro groups is 1. The van der Waals surface area contributed by atoms with Crippen molar-refractivity contribution in [3.63, 3.8) is 0 Å². The van der Waals surface area contributed by atoms with Crippen LogP contribution in [-0.2, 0) is 0 Å². The predicted molar refractivity (Wildman–Crippen MR) is 97.6 cm³/mol. The molecule has 1 aromatic carbocycles. The average molecular weight is 353 g/mol. The van der Waals surface area contributed by atoms with Crippen molar-refractivity contribution in [3.8, 4) is 17.7 Å². The first-order chi connectivity index (χ1) is 12.5. The molecule has 0 amide bonds. The van der Waals surface area contributed by atoms with Crippen LogP contribution in [0.2, 0.25) is 0 Å². The van der Waals surface area contributed by atoms with Crippen LogP contribution < -0.4 is 0 Å². The van der Waals surface area contributed by atoms with Gasteiger partial charge >= 0.3 is 0 Å². The molecule has 8 nitrogen and oxygen atoms in total. The smallest absolute Gasteiger partial charge is 0.285 e. The number of nitrogens with zero attached hydrogens (tertiary/aromatic N) is 5. The Morgan fingerprint density at radius 1 is 1.35 bits per heavy atom. The van der Waals surface area contributed by atoms with Crippen molar-refractivity contribution in [1.82, 2.24) is 19.8 Å². The van der Waals surface area contributed by atoms with E-state index in [4.69, 9.17) is 0 Å². The van der Waals surface area contributed by atoms with Crippen molar-refractivity contribution in [1.29, 1.82) is 0 Å². The first kappa shape index (κ1) is 17.6. The van der Waals surface area contributed by atoms with Crippen molar-refractivity contribution in [2.75, 3.05) is 32.7 Å². The van der Waals surface area contributed by atoms with E-state index in [-0.39, 0.29) is 22.5 Å². The summed E-state index contributed by atoms with van der Waals surface area (Å²) in [5, 5.41) is 21.4. The van der Waals surface area contributed by atoms with Gasteiger partial charge in [-0.1, -0.05) is 19.4 Å². The van der Waals surface area contributed by atoms with Gasteiger partial charge in [-0.3, -0.25) is 10.1 Å². The summed E-state index contributed by atoms with van der Waals surface area (Å²) < 4.78 is 0. The number of aromatic nitrogens is 2. The topological polar surface area (TPSA) is 95.6 Å². The largest absolute Gasteiger partial charge is 0.493 e. The Morgan fingerprint density at radius 2 is 2.08 bits per heavy atom. The van der Waals surface area contributed by atoms with Crippen LogP contribution in [0.25, 0.3) is 10.9 Å². The van der Waals surface area contributed by atoms with E-state index in [2.05, 4.69) is 45.1 Å². The summed E-state index contributed by atoms with van der Waals surface area (Å²) in [7, 11) is 0. The Morgan fingerprint density at radius 3 is 2.73 bits per heavy atom. The normalized spacial score (nSPS) is 14.7. The third-order valence-corrected chi connectivity index (χ3v) is 4.47. The molecule has 1 aromatic heterocycles. The van der Waals surface area contributed by atoms with Crippen LogP contribution in [0.3, 0.4) is 0 Å². The summed E-state index contributed by atoms with van der Waals surface area (Å²) in [6.07, 6.45) is 1.20. The Hall–Kier alpha value is -3.18. The summed E-state index contributed by atoms with van der Waals surface area (Å²) >= 11 is 0. The van der Waals surface area contributed by atoms with Crippen molar-refractivity contribution < 1.29 is 10.0 Å². The van der Waals surface area contributed by atoms with Crippen LogP contribution in [0.4, 0.5) is 5.69 Å². The van der Waals surface area contributed by atoms with E-state index in [0.717, 1.165) is 32.7 Å². The maximum atomic E-state index is 11.4. The highest BCUT2D eigenvalue weighted by molar-refractivity contribution is 5.87. The molecule has 1 aliphatic rings. The average Bonchev–Trinajstić information content (AvgIpc) is 2.65. The van der Waals surface area contributed by atoms with Gasteiger partial charge in [0.1, 0.15) is 11.9 Å². The van der Waals surface area contributed by atoms with Crippen LogP contribution in [0.5, 0.6) is 5.88 Å². The van der Waals surface area contributed by atoms with Crippen LogP contribution in [-0.4, -0.2) is 62.5 Å². The number of fused-ring (bicyclic) bond motifs is 1. The fourth-order valence-electron chi connectivity index (χ4n) is 2.88. The molecule has 0 saturated carbocycles. The van der Waals surface area contributed by atoms with Crippen LogP contribution in [0.15, 0.2) is 30.7 Å². The van der Waals surface area contributed by atoms with Gasteiger partial charge in [0.2, 0.25) is 5.88 Å². The number of aromatic hydroxyl groups is 1. The third-order valence-electron chi connectivity index (χ3n) is 4.47. The van der Waals surface area contributed by atoms with E-state index < -0.39 is 4.92 Å². The molecule has 0 radical (unpaired) electrons. The Labute approximate surface area is 150 Å². The van der Waals surface area contributed by atoms with E-state index >= 15 is 0 Å². The molecule has 0 aliphatic carbocycles. The summed E-state index contributed by atoms with van der Waals surface area (Å²) in [6.45, 7) is 10.7. The fourth-order valence-corrected chi connectivity index (χ4v) is 2.88. The second kappa shape index (κ2) is 7.37. The fraction of sp³-hybridized carbons (Fsp3) is 0.333. The molecule has 8 heteroatoms. The van der Waals surface area contributed by atoms with E-state index in [1.807, 2.05) is 0 Å². The molecule has 1 fully saturated rings. The summed E-state index contributed by atoms with van der Waals surface area (Å²) in [5.41, 5.74) is 1.07. The van der Waals surface area contributed by atoms with Crippen LogP contribution in [0.1, 0.15) is 12.5 Å². The second-order valence-electron chi connectivity index (χ2n) is 5.96. The molecule has 0 spiro atoms. The predicted octanol–water partition coefficient (Wildman–Crippen LogP) is 1.75. The van der Waals surface area contributed by atoms with Gasteiger partial charge in [-0.15, -0.1) is 0 Å². The highest BCUT2D eigenvalue weighted by atomic mass is 16.6. The SMILES string of the molecule is C=C(C#Cc1cc2ncnc(O)c2cc1[N+](=O)[O-])N1CCN(CC)CC1. The van der Waals surface area contributed by atoms with E-state index in [0.29, 0.717) is 11.2 Å². The number of hydrogen-bond donors (Lipinski definition) is 1. The molecule has 2 aromatic rings. The quantitative estimate of drug-likeness (QED) is 0.510. The first-order valence-electron chi connectivity index (χ1n) is 8.30. The van der Waals surface area contributed by atoms with E-state index in [9.17, 15) is 15.2 Å². The first-order valence-corrected chi connectivity index (χ1v) is 8.30. The molecule has 134 valence electrons. The summed E-state index contributed by atoms with van der Waals surface area (Å²) in [5.74, 6) is 5.47. The van der Waals surface area contributed by atoms with Gasteiger partial charge in [-0.25, -0.2) is 9.97 Å². The zero-order chi connectivity index (χ0) is 18.7. The maximum absolute atomic E-state index is 11.4. The lowest BCUT2D eigenvalue weighted by atomic mass is 10.1. The van der Waals surface area contributed by atoms with E-state index in [1.54, 1.807) is 0 Å². The maximum Gasteiger partial charge on any atom is 0.285 e. The van der Waals surface area contributed by atoms with Gasteiger partial charge in [0.05, 0.1) is 21.5 Å². The minimum absolute atomic E-state index is 0.196. The summed E-state index contributed by atoms with van der Waals surface area (Å²) in [4.78, 5) is 23.0. The van der Waals surface area contributed by atoms with Crippen LogP contribution in [0, 0.1) is 22.0 Å². The van der Waals surface area contributed by atoms with Crippen molar-refractivity contribution in [2.24, 2.45) is 0 Å². The molecule has 1 aliphatic heterocycles. The minimum Gasteiger partial charge on any atom is -0.493 e. The highest BCUT2D eigenvalue weighted by Crippen LogP contribution is 2.28. The van der Waals surface area contributed by atoms with Gasteiger partial charge in [0.15, 0.2) is 0 Å². The number of hydrogen-bond acceptors (Lipinski definition) is 7. The molecule has 0 atom stereocenters.